The Morgan fingerprint density at radius 1 is 1.19 bits per heavy atom. The van der Waals surface area contributed by atoms with Crippen LogP contribution >= 0.6 is 0 Å². The molecule has 0 atom stereocenters. The fraction of sp³-hybridized carbons (Fsp3) is 0.278. The zero-order chi connectivity index (χ0) is 18.0. The van der Waals surface area contributed by atoms with E-state index in [0.717, 1.165) is 18.7 Å². The van der Waals surface area contributed by atoms with Crippen molar-refractivity contribution in [3.8, 4) is 17.3 Å². The third kappa shape index (κ3) is 5.10. The van der Waals surface area contributed by atoms with Crippen LogP contribution in [-0.2, 0) is 6.54 Å². The van der Waals surface area contributed by atoms with E-state index in [1.165, 1.54) is 0 Å². The second-order valence-electron chi connectivity index (χ2n) is 5.45. The highest BCUT2D eigenvalue weighted by Gasteiger charge is 2.08. The lowest BCUT2D eigenvalue weighted by molar-refractivity contribution is 0.311. The van der Waals surface area contributed by atoms with Crippen LogP contribution in [0.25, 0.3) is 11.6 Å². The Bertz CT molecular complexity index is 798. The Kier molecular flexibility index (Phi) is 6.24. The van der Waals surface area contributed by atoms with E-state index in [0.29, 0.717) is 36.5 Å². The van der Waals surface area contributed by atoms with Crippen LogP contribution in [0.1, 0.15) is 12.2 Å². The van der Waals surface area contributed by atoms with Gasteiger partial charge >= 0.3 is 0 Å². The molecule has 3 aromatic rings. The summed E-state index contributed by atoms with van der Waals surface area (Å²) in [5.41, 5.74) is 0. The van der Waals surface area contributed by atoms with E-state index < -0.39 is 0 Å². The summed E-state index contributed by atoms with van der Waals surface area (Å²) in [5.74, 6) is 3.45. The molecule has 8 heteroatoms. The number of aromatic amines is 1. The summed E-state index contributed by atoms with van der Waals surface area (Å²) in [5, 5.41) is 13.4. The Balaban J connectivity index is 1.36. The molecule has 3 N–H and O–H groups in total. The van der Waals surface area contributed by atoms with Crippen molar-refractivity contribution in [3.63, 3.8) is 0 Å². The van der Waals surface area contributed by atoms with E-state index in [1.54, 1.807) is 19.4 Å². The third-order valence-corrected chi connectivity index (χ3v) is 3.55. The summed E-state index contributed by atoms with van der Waals surface area (Å²) in [6.45, 7) is 1.87. The highest BCUT2D eigenvalue weighted by molar-refractivity contribution is 5.79. The Labute approximate surface area is 151 Å². The van der Waals surface area contributed by atoms with E-state index in [2.05, 4.69) is 30.8 Å². The zero-order valence-electron chi connectivity index (χ0n) is 14.6. The van der Waals surface area contributed by atoms with Crippen molar-refractivity contribution < 1.29 is 9.15 Å². The van der Waals surface area contributed by atoms with Crippen LogP contribution in [0.5, 0.6) is 5.75 Å². The van der Waals surface area contributed by atoms with E-state index in [1.807, 2.05) is 36.4 Å². The van der Waals surface area contributed by atoms with Gasteiger partial charge in [0.05, 0.1) is 19.4 Å². The van der Waals surface area contributed by atoms with E-state index in [4.69, 9.17) is 9.15 Å². The van der Waals surface area contributed by atoms with E-state index in [9.17, 15) is 0 Å². The molecular formula is C18H22N6O2. The van der Waals surface area contributed by atoms with Crippen LogP contribution in [0.3, 0.4) is 0 Å². The van der Waals surface area contributed by atoms with Crippen molar-refractivity contribution in [2.45, 2.75) is 13.0 Å². The topological polar surface area (TPSA) is 100 Å². The number of aliphatic imine (C=N–C) groups is 1. The average Bonchev–Trinajstić information content (AvgIpc) is 3.36. The van der Waals surface area contributed by atoms with Crippen LogP contribution < -0.4 is 15.4 Å². The van der Waals surface area contributed by atoms with E-state index >= 15 is 0 Å². The molecule has 2 heterocycles. The maximum atomic E-state index is 5.66. The van der Waals surface area contributed by atoms with Crippen molar-refractivity contribution in [1.82, 2.24) is 25.8 Å². The number of nitrogens with zero attached hydrogens (tertiary/aromatic N) is 3. The number of aromatic nitrogens is 3. The quantitative estimate of drug-likeness (QED) is 0.326. The highest BCUT2D eigenvalue weighted by Crippen LogP contribution is 2.14. The molecule has 3 rings (SSSR count). The summed E-state index contributed by atoms with van der Waals surface area (Å²) in [6.07, 6.45) is 2.46. The molecule has 0 saturated carbocycles. The molecule has 0 aliphatic rings. The second-order valence-corrected chi connectivity index (χ2v) is 5.45. The summed E-state index contributed by atoms with van der Waals surface area (Å²) >= 11 is 0. The first-order valence-electron chi connectivity index (χ1n) is 8.42. The maximum Gasteiger partial charge on any atom is 0.216 e. The zero-order valence-corrected chi connectivity index (χ0v) is 14.6. The van der Waals surface area contributed by atoms with Gasteiger partial charge in [-0.3, -0.25) is 10.1 Å². The first-order valence-corrected chi connectivity index (χ1v) is 8.42. The maximum absolute atomic E-state index is 5.66. The molecule has 0 aliphatic heterocycles. The standard InChI is InChI=1S/C18H22N6O2/c1-19-18(20-10-6-12-25-14-7-3-2-4-8-14)21-13-16-22-17(24-23-16)15-9-5-11-26-15/h2-5,7-9,11H,6,10,12-13H2,1H3,(H2,19,20,21)(H,22,23,24). The Morgan fingerprint density at radius 2 is 2.08 bits per heavy atom. The number of benzene rings is 1. The molecule has 136 valence electrons. The largest absolute Gasteiger partial charge is 0.494 e. The van der Waals surface area contributed by atoms with Crippen LogP contribution in [0, 0.1) is 0 Å². The minimum absolute atomic E-state index is 0.480. The third-order valence-electron chi connectivity index (χ3n) is 3.55. The summed E-state index contributed by atoms with van der Waals surface area (Å²) in [4.78, 5) is 8.57. The van der Waals surface area contributed by atoms with Crippen molar-refractivity contribution in [2.24, 2.45) is 4.99 Å². The number of ether oxygens (including phenoxy) is 1. The van der Waals surface area contributed by atoms with Gasteiger partial charge in [0.25, 0.3) is 0 Å². The average molecular weight is 354 g/mol. The molecule has 0 unspecified atom stereocenters. The van der Waals surface area contributed by atoms with Gasteiger partial charge in [-0.1, -0.05) is 18.2 Å². The lowest BCUT2D eigenvalue weighted by Gasteiger charge is -2.11. The SMILES string of the molecule is CN=C(NCCCOc1ccccc1)NCc1nc(-c2ccco2)n[nH]1. The van der Waals surface area contributed by atoms with Gasteiger partial charge in [0.15, 0.2) is 11.7 Å². The lowest BCUT2D eigenvalue weighted by atomic mass is 10.3. The van der Waals surface area contributed by atoms with Crippen molar-refractivity contribution >= 4 is 5.96 Å². The minimum Gasteiger partial charge on any atom is -0.494 e. The normalized spacial score (nSPS) is 11.3. The van der Waals surface area contributed by atoms with Crippen molar-refractivity contribution in [2.75, 3.05) is 20.2 Å². The van der Waals surface area contributed by atoms with Gasteiger partial charge in [-0.25, -0.2) is 4.98 Å². The van der Waals surface area contributed by atoms with Crippen LogP contribution in [0.15, 0.2) is 58.1 Å². The smallest absolute Gasteiger partial charge is 0.216 e. The van der Waals surface area contributed by atoms with Gasteiger partial charge < -0.3 is 19.8 Å². The molecule has 26 heavy (non-hydrogen) atoms. The molecule has 0 amide bonds. The minimum atomic E-state index is 0.480. The summed E-state index contributed by atoms with van der Waals surface area (Å²) in [7, 11) is 1.73. The van der Waals surface area contributed by atoms with Gasteiger partial charge in [-0.05, 0) is 30.7 Å². The molecule has 0 spiro atoms. The lowest BCUT2D eigenvalue weighted by Crippen LogP contribution is -2.37. The van der Waals surface area contributed by atoms with Crippen molar-refractivity contribution in [1.29, 1.82) is 0 Å². The summed E-state index contributed by atoms with van der Waals surface area (Å²) < 4.78 is 10.9. The highest BCUT2D eigenvalue weighted by atomic mass is 16.5. The number of guanidine groups is 1. The first-order chi connectivity index (χ1) is 12.8. The van der Waals surface area contributed by atoms with E-state index in [-0.39, 0.29) is 0 Å². The molecule has 0 fully saturated rings. The molecule has 1 aromatic carbocycles. The molecular weight excluding hydrogens is 332 g/mol. The van der Waals surface area contributed by atoms with Crippen LogP contribution in [-0.4, -0.2) is 41.3 Å². The van der Waals surface area contributed by atoms with Gasteiger partial charge in [-0.2, -0.15) is 0 Å². The number of hydrogen-bond acceptors (Lipinski definition) is 5. The van der Waals surface area contributed by atoms with Gasteiger partial charge in [0.2, 0.25) is 5.82 Å². The van der Waals surface area contributed by atoms with Crippen molar-refractivity contribution in [3.05, 3.63) is 54.6 Å². The molecule has 2 aromatic heterocycles. The second kappa shape index (κ2) is 9.26. The fourth-order valence-corrected chi connectivity index (χ4v) is 2.26. The monoisotopic (exact) mass is 354 g/mol. The molecule has 0 radical (unpaired) electrons. The predicted molar refractivity (Wildman–Crippen MR) is 98.8 cm³/mol. The predicted octanol–water partition coefficient (Wildman–Crippen LogP) is 2.20. The van der Waals surface area contributed by atoms with Crippen LogP contribution in [0.4, 0.5) is 0 Å². The van der Waals surface area contributed by atoms with Gasteiger partial charge in [-0.15, -0.1) is 5.10 Å². The Morgan fingerprint density at radius 3 is 2.85 bits per heavy atom. The van der Waals surface area contributed by atoms with Gasteiger partial charge in [0, 0.05) is 13.6 Å². The van der Waals surface area contributed by atoms with Gasteiger partial charge in [0.1, 0.15) is 11.6 Å². The Hall–Kier alpha value is -3.29. The number of para-hydroxylation sites is 1. The number of H-pyrrole nitrogens is 1. The molecule has 0 saturated heterocycles. The summed E-state index contributed by atoms with van der Waals surface area (Å²) in [6, 6.07) is 13.4. The number of nitrogens with one attached hydrogen (secondary N) is 3. The number of rotatable bonds is 8. The molecule has 0 bridgehead atoms. The molecule has 8 nitrogen and oxygen atoms in total. The first kappa shape index (κ1) is 17.5. The number of hydrogen-bond donors (Lipinski definition) is 3. The van der Waals surface area contributed by atoms with Crippen LogP contribution in [0.2, 0.25) is 0 Å². The number of furan rings is 1. The fourth-order valence-electron chi connectivity index (χ4n) is 2.26. The molecule has 0 aliphatic carbocycles.